The first-order valence-electron chi connectivity index (χ1n) is 6.33. The van der Waals surface area contributed by atoms with E-state index >= 15 is 0 Å². The van der Waals surface area contributed by atoms with Crippen LogP contribution in [0.25, 0.3) is 0 Å². The lowest BCUT2D eigenvalue weighted by Gasteiger charge is -2.23. The maximum atomic E-state index is 5.60. The zero-order chi connectivity index (χ0) is 12.8. The minimum absolute atomic E-state index is 0.709. The summed E-state index contributed by atoms with van der Waals surface area (Å²) in [4.78, 5) is 2.30. The van der Waals surface area contributed by atoms with Crippen LogP contribution in [-0.4, -0.2) is 13.1 Å². The summed E-state index contributed by atoms with van der Waals surface area (Å²) in [7, 11) is 0. The van der Waals surface area contributed by atoms with Gasteiger partial charge in [-0.25, -0.2) is 0 Å². The van der Waals surface area contributed by atoms with Crippen molar-refractivity contribution < 1.29 is 4.42 Å². The minimum atomic E-state index is 0.709. The van der Waals surface area contributed by atoms with Crippen LogP contribution in [0, 0.1) is 6.92 Å². The third-order valence-electron chi connectivity index (χ3n) is 2.96. The first-order chi connectivity index (χ1) is 8.79. The largest absolute Gasteiger partial charge is 0.467 e. The summed E-state index contributed by atoms with van der Waals surface area (Å²) < 4.78 is 5.42. The molecule has 0 aliphatic rings. The quantitative estimate of drug-likeness (QED) is 0.849. The molecule has 3 heteroatoms. The van der Waals surface area contributed by atoms with Crippen LogP contribution in [0.5, 0.6) is 0 Å². The summed E-state index contributed by atoms with van der Waals surface area (Å²) in [5, 5.41) is 0. The molecule has 2 rings (SSSR count). The third kappa shape index (κ3) is 3.37. The molecule has 0 amide bonds. The van der Waals surface area contributed by atoms with Gasteiger partial charge in [0, 0.05) is 12.2 Å². The molecule has 0 unspecified atom stereocenters. The second-order valence-electron chi connectivity index (χ2n) is 4.48. The Bertz CT molecular complexity index is 448. The van der Waals surface area contributed by atoms with Crippen LogP contribution >= 0.6 is 0 Å². The van der Waals surface area contributed by atoms with Crippen molar-refractivity contribution in [2.45, 2.75) is 19.9 Å². The van der Waals surface area contributed by atoms with Gasteiger partial charge >= 0.3 is 0 Å². The predicted molar refractivity (Wildman–Crippen MR) is 74.6 cm³/mol. The highest BCUT2D eigenvalue weighted by Crippen LogP contribution is 2.18. The number of nitrogens with two attached hydrogens (primary N) is 1. The zero-order valence-corrected chi connectivity index (χ0v) is 10.8. The molecule has 0 bridgehead atoms. The molecule has 0 saturated carbocycles. The minimum Gasteiger partial charge on any atom is -0.467 e. The summed E-state index contributed by atoms with van der Waals surface area (Å²) >= 11 is 0. The van der Waals surface area contributed by atoms with E-state index in [0.29, 0.717) is 6.54 Å². The standard InChI is InChI=1S/C15H20N2O/c1-13-5-7-14(8-6-13)17(10-3-9-16)12-15-4-2-11-18-15/h2,4-8,11H,3,9-10,12,16H2,1H3. The number of hydrogen-bond donors (Lipinski definition) is 1. The van der Waals surface area contributed by atoms with Crippen LogP contribution in [0.15, 0.2) is 47.1 Å². The van der Waals surface area contributed by atoms with E-state index in [1.54, 1.807) is 6.26 Å². The Balaban J connectivity index is 2.11. The Kier molecular flexibility index (Phi) is 4.42. The van der Waals surface area contributed by atoms with E-state index in [1.807, 2.05) is 12.1 Å². The molecule has 0 atom stereocenters. The summed E-state index contributed by atoms with van der Waals surface area (Å²) in [5.74, 6) is 0.979. The van der Waals surface area contributed by atoms with Gasteiger partial charge in [0.05, 0.1) is 12.8 Å². The van der Waals surface area contributed by atoms with Crippen molar-refractivity contribution in [1.29, 1.82) is 0 Å². The van der Waals surface area contributed by atoms with Crippen LogP contribution in [0.3, 0.4) is 0 Å². The SMILES string of the molecule is Cc1ccc(N(CCCN)Cc2ccco2)cc1. The van der Waals surface area contributed by atoms with E-state index in [9.17, 15) is 0 Å². The average molecular weight is 244 g/mol. The summed E-state index contributed by atoms with van der Waals surface area (Å²) in [6, 6.07) is 12.5. The second-order valence-corrected chi connectivity index (χ2v) is 4.48. The van der Waals surface area contributed by atoms with E-state index in [0.717, 1.165) is 25.3 Å². The van der Waals surface area contributed by atoms with Crippen molar-refractivity contribution >= 4 is 5.69 Å². The van der Waals surface area contributed by atoms with Gasteiger partial charge in [-0.15, -0.1) is 0 Å². The number of rotatable bonds is 6. The highest BCUT2D eigenvalue weighted by molar-refractivity contribution is 5.47. The topological polar surface area (TPSA) is 42.4 Å². The van der Waals surface area contributed by atoms with E-state index < -0.39 is 0 Å². The van der Waals surface area contributed by atoms with Crippen LogP contribution in [0.1, 0.15) is 17.7 Å². The van der Waals surface area contributed by atoms with Gasteiger partial charge in [0.2, 0.25) is 0 Å². The normalized spacial score (nSPS) is 10.6. The molecule has 0 radical (unpaired) electrons. The first kappa shape index (κ1) is 12.7. The number of anilines is 1. The number of furan rings is 1. The number of nitrogens with zero attached hydrogens (tertiary/aromatic N) is 1. The maximum absolute atomic E-state index is 5.60. The fourth-order valence-corrected chi connectivity index (χ4v) is 1.93. The van der Waals surface area contributed by atoms with Crippen molar-refractivity contribution in [2.75, 3.05) is 18.0 Å². The summed E-state index contributed by atoms with van der Waals surface area (Å²) in [5.41, 5.74) is 8.09. The van der Waals surface area contributed by atoms with Crippen LogP contribution < -0.4 is 10.6 Å². The Labute approximate surface area is 108 Å². The van der Waals surface area contributed by atoms with Crippen LogP contribution in [0.4, 0.5) is 5.69 Å². The molecule has 3 nitrogen and oxygen atoms in total. The Hall–Kier alpha value is -1.74. The van der Waals surface area contributed by atoms with Gasteiger partial charge in [0.25, 0.3) is 0 Å². The van der Waals surface area contributed by atoms with Gasteiger partial charge in [-0.3, -0.25) is 0 Å². The van der Waals surface area contributed by atoms with Crippen molar-refractivity contribution in [3.8, 4) is 0 Å². The molecule has 0 spiro atoms. The molecule has 18 heavy (non-hydrogen) atoms. The highest BCUT2D eigenvalue weighted by Gasteiger charge is 2.08. The zero-order valence-electron chi connectivity index (χ0n) is 10.8. The molecule has 1 aromatic carbocycles. The number of benzene rings is 1. The molecule has 1 heterocycles. The maximum Gasteiger partial charge on any atom is 0.123 e. The first-order valence-corrected chi connectivity index (χ1v) is 6.33. The molecular weight excluding hydrogens is 224 g/mol. The molecule has 0 aliphatic heterocycles. The molecule has 2 aromatic rings. The lowest BCUT2D eigenvalue weighted by atomic mass is 10.2. The Morgan fingerprint density at radius 2 is 1.94 bits per heavy atom. The summed E-state index contributed by atoms with van der Waals surface area (Å²) in [6.45, 7) is 4.54. The van der Waals surface area contributed by atoms with Gasteiger partial charge in [-0.2, -0.15) is 0 Å². The van der Waals surface area contributed by atoms with E-state index in [2.05, 4.69) is 36.1 Å². The van der Waals surface area contributed by atoms with Crippen molar-refractivity contribution in [3.63, 3.8) is 0 Å². The fraction of sp³-hybridized carbons (Fsp3) is 0.333. The molecule has 2 N–H and O–H groups in total. The highest BCUT2D eigenvalue weighted by atomic mass is 16.3. The molecule has 0 aliphatic carbocycles. The van der Waals surface area contributed by atoms with Crippen LogP contribution in [0.2, 0.25) is 0 Å². The molecular formula is C15H20N2O. The van der Waals surface area contributed by atoms with Crippen LogP contribution in [-0.2, 0) is 6.54 Å². The second kappa shape index (κ2) is 6.26. The molecule has 96 valence electrons. The fourth-order valence-electron chi connectivity index (χ4n) is 1.93. The van der Waals surface area contributed by atoms with E-state index in [-0.39, 0.29) is 0 Å². The predicted octanol–water partition coefficient (Wildman–Crippen LogP) is 2.94. The lowest BCUT2D eigenvalue weighted by molar-refractivity contribution is 0.501. The van der Waals surface area contributed by atoms with Crippen molar-refractivity contribution in [2.24, 2.45) is 5.73 Å². The van der Waals surface area contributed by atoms with Gasteiger partial charge < -0.3 is 15.1 Å². The monoisotopic (exact) mass is 244 g/mol. The smallest absolute Gasteiger partial charge is 0.123 e. The Morgan fingerprint density at radius 1 is 1.17 bits per heavy atom. The van der Waals surface area contributed by atoms with E-state index in [1.165, 1.54) is 11.3 Å². The lowest BCUT2D eigenvalue weighted by Crippen LogP contribution is -2.25. The van der Waals surface area contributed by atoms with Crippen molar-refractivity contribution in [3.05, 3.63) is 54.0 Å². The number of hydrogen-bond acceptors (Lipinski definition) is 3. The van der Waals surface area contributed by atoms with Crippen molar-refractivity contribution in [1.82, 2.24) is 0 Å². The van der Waals surface area contributed by atoms with E-state index in [4.69, 9.17) is 10.2 Å². The number of aryl methyl sites for hydroxylation is 1. The van der Waals surface area contributed by atoms with Gasteiger partial charge in [-0.1, -0.05) is 17.7 Å². The van der Waals surface area contributed by atoms with Gasteiger partial charge in [0.15, 0.2) is 0 Å². The third-order valence-corrected chi connectivity index (χ3v) is 2.96. The molecule has 1 aromatic heterocycles. The summed E-state index contributed by atoms with van der Waals surface area (Å²) in [6.07, 6.45) is 2.69. The molecule has 0 fully saturated rings. The Morgan fingerprint density at radius 3 is 2.56 bits per heavy atom. The van der Waals surface area contributed by atoms with Gasteiger partial charge in [0.1, 0.15) is 5.76 Å². The average Bonchev–Trinajstić information content (AvgIpc) is 2.88. The van der Waals surface area contributed by atoms with Gasteiger partial charge in [-0.05, 0) is 44.2 Å². The molecule has 0 saturated heterocycles.